The molecule has 156 valence electrons. The molecule has 1 aliphatic heterocycles. The van der Waals surface area contributed by atoms with Crippen LogP contribution >= 0.6 is 23.1 Å². The summed E-state index contributed by atoms with van der Waals surface area (Å²) in [6.45, 7) is 4.28. The molecule has 8 heteroatoms. The van der Waals surface area contributed by atoms with Crippen LogP contribution in [0, 0.1) is 6.92 Å². The Hall–Kier alpha value is -2.58. The minimum atomic E-state index is -0.0471. The zero-order chi connectivity index (χ0) is 20.8. The van der Waals surface area contributed by atoms with Gasteiger partial charge in [0.2, 0.25) is 11.0 Å². The summed E-state index contributed by atoms with van der Waals surface area (Å²) in [5.41, 5.74) is 4.21. The molecule has 1 aromatic heterocycles. The molecule has 2 heterocycles. The lowest BCUT2D eigenvalue weighted by molar-refractivity contribution is -0.113. The van der Waals surface area contributed by atoms with Crippen LogP contribution in [0.3, 0.4) is 0 Å². The number of benzene rings is 2. The van der Waals surface area contributed by atoms with Crippen LogP contribution in [0.15, 0.2) is 52.9 Å². The predicted octanol–water partition coefficient (Wildman–Crippen LogP) is 5.31. The molecule has 2 aromatic carbocycles. The summed E-state index contributed by atoms with van der Waals surface area (Å²) in [5, 5.41) is 15.2. The van der Waals surface area contributed by atoms with Gasteiger partial charge in [-0.25, -0.2) is 0 Å². The molecule has 0 aliphatic carbocycles. The summed E-state index contributed by atoms with van der Waals surface area (Å²) < 4.78 is 0.765. The van der Waals surface area contributed by atoms with Gasteiger partial charge in [-0.2, -0.15) is 0 Å². The predicted molar refractivity (Wildman–Crippen MR) is 126 cm³/mol. The van der Waals surface area contributed by atoms with Gasteiger partial charge in [0.05, 0.1) is 5.75 Å². The number of aryl methyl sites for hydroxylation is 1. The molecule has 3 aromatic rings. The summed E-state index contributed by atoms with van der Waals surface area (Å²) in [7, 11) is 0. The van der Waals surface area contributed by atoms with Crippen molar-refractivity contribution in [3.63, 3.8) is 0 Å². The Kier molecular flexibility index (Phi) is 6.86. The highest BCUT2D eigenvalue weighted by Gasteiger charge is 2.12. The van der Waals surface area contributed by atoms with Crippen LogP contribution < -0.4 is 15.5 Å². The van der Waals surface area contributed by atoms with Crippen LogP contribution in [0.25, 0.3) is 0 Å². The Bertz CT molecular complexity index is 983. The van der Waals surface area contributed by atoms with Gasteiger partial charge in [-0.15, -0.1) is 10.2 Å². The monoisotopic (exact) mass is 439 g/mol. The summed E-state index contributed by atoms with van der Waals surface area (Å²) in [5.74, 6) is 0.251. The highest BCUT2D eigenvalue weighted by atomic mass is 32.2. The Morgan fingerprint density at radius 3 is 2.63 bits per heavy atom. The number of piperidine rings is 1. The molecule has 1 saturated heterocycles. The Morgan fingerprint density at radius 2 is 1.87 bits per heavy atom. The number of amides is 1. The normalized spacial score (nSPS) is 13.8. The van der Waals surface area contributed by atoms with E-state index in [1.54, 1.807) is 0 Å². The van der Waals surface area contributed by atoms with Crippen molar-refractivity contribution in [2.24, 2.45) is 0 Å². The first-order valence-corrected chi connectivity index (χ1v) is 11.9. The molecular weight excluding hydrogens is 414 g/mol. The van der Waals surface area contributed by atoms with E-state index >= 15 is 0 Å². The molecule has 1 amide bonds. The average Bonchev–Trinajstić information content (AvgIpc) is 3.21. The minimum Gasteiger partial charge on any atom is -0.372 e. The van der Waals surface area contributed by atoms with E-state index in [4.69, 9.17) is 0 Å². The lowest BCUT2D eigenvalue weighted by Gasteiger charge is -2.28. The molecule has 2 N–H and O–H groups in total. The summed E-state index contributed by atoms with van der Waals surface area (Å²) in [6.07, 6.45) is 3.83. The van der Waals surface area contributed by atoms with Crippen molar-refractivity contribution < 1.29 is 4.79 Å². The third-order valence-corrected chi connectivity index (χ3v) is 6.85. The molecule has 1 fully saturated rings. The first kappa shape index (κ1) is 20.7. The smallest absolute Gasteiger partial charge is 0.234 e. The summed E-state index contributed by atoms with van der Waals surface area (Å²) in [4.78, 5) is 14.7. The maximum Gasteiger partial charge on any atom is 0.234 e. The molecule has 0 unspecified atom stereocenters. The second kappa shape index (κ2) is 9.95. The van der Waals surface area contributed by atoms with Crippen molar-refractivity contribution >= 4 is 51.2 Å². The second-order valence-corrected chi connectivity index (χ2v) is 9.50. The second-order valence-electron chi connectivity index (χ2n) is 7.30. The number of aromatic nitrogens is 2. The van der Waals surface area contributed by atoms with Gasteiger partial charge in [0.25, 0.3) is 0 Å². The summed E-state index contributed by atoms with van der Waals surface area (Å²) >= 11 is 2.84. The number of carbonyl (C=O) groups excluding carboxylic acids is 1. The lowest BCUT2D eigenvalue weighted by atomic mass is 10.1. The fraction of sp³-hybridized carbons (Fsp3) is 0.318. The number of hydrogen-bond donors (Lipinski definition) is 2. The van der Waals surface area contributed by atoms with Crippen LogP contribution in [0.2, 0.25) is 0 Å². The van der Waals surface area contributed by atoms with Crippen LogP contribution in [0.1, 0.15) is 24.8 Å². The van der Waals surface area contributed by atoms with Crippen molar-refractivity contribution in [2.75, 3.05) is 34.4 Å². The number of nitrogens with zero attached hydrogens (tertiary/aromatic N) is 3. The molecule has 0 atom stereocenters. The van der Waals surface area contributed by atoms with E-state index in [2.05, 4.69) is 43.9 Å². The maximum atomic E-state index is 12.3. The highest BCUT2D eigenvalue weighted by Crippen LogP contribution is 2.28. The number of rotatable bonds is 7. The van der Waals surface area contributed by atoms with E-state index in [-0.39, 0.29) is 5.91 Å². The SMILES string of the molecule is Cc1cccc(Nc2nnc(SCC(=O)Nc3ccc(N4CCCCC4)cc3)s2)c1. The van der Waals surface area contributed by atoms with E-state index in [1.165, 1.54) is 53.6 Å². The van der Waals surface area contributed by atoms with Gasteiger partial charge in [-0.1, -0.05) is 35.2 Å². The lowest BCUT2D eigenvalue weighted by Crippen LogP contribution is -2.29. The van der Waals surface area contributed by atoms with E-state index in [9.17, 15) is 4.79 Å². The molecular formula is C22H25N5OS2. The fourth-order valence-corrected chi connectivity index (χ4v) is 4.97. The van der Waals surface area contributed by atoms with Gasteiger partial charge in [0.15, 0.2) is 4.34 Å². The van der Waals surface area contributed by atoms with Crippen molar-refractivity contribution in [3.8, 4) is 0 Å². The first-order valence-electron chi connectivity index (χ1n) is 10.1. The molecule has 0 radical (unpaired) electrons. The van der Waals surface area contributed by atoms with Gasteiger partial charge >= 0.3 is 0 Å². The van der Waals surface area contributed by atoms with Crippen LogP contribution in [0.4, 0.5) is 22.2 Å². The van der Waals surface area contributed by atoms with Crippen LogP contribution in [-0.4, -0.2) is 34.9 Å². The molecule has 1 aliphatic rings. The molecule has 30 heavy (non-hydrogen) atoms. The number of anilines is 4. The zero-order valence-electron chi connectivity index (χ0n) is 16.9. The van der Waals surface area contributed by atoms with Gasteiger partial charge in [-0.05, 0) is 68.1 Å². The minimum absolute atomic E-state index is 0.0471. The number of nitrogens with one attached hydrogen (secondary N) is 2. The van der Waals surface area contributed by atoms with Crippen LogP contribution in [-0.2, 0) is 4.79 Å². The van der Waals surface area contributed by atoms with Gasteiger partial charge in [0.1, 0.15) is 0 Å². The summed E-state index contributed by atoms with van der Waals surface area (Å²) in [6, 6.07) is 16.2. The van der Waals surface area contributed by atoms with Gasteiger partial charge < -0.3 is 15.5 Å². The Balaban J connectivity index is 1.25. The van der Waals surface area contributed by atoms with Crippen molar-refractivity contribution in [3.05, 3.63) is 54.1 Å². The maximum absolute atomic E-state index is 12.3. The van der Waals surface area contributed by atoms with Crippen LogP contribution in [0.5, 0.6) is 0 Å². The van der Waals surface area contributed by atoms with Crippen molar-refractivity contribution in [1.29, 1.82) is 0 Å². The highest BCUT2D eigenvalue weighted by molar-refractivity contribution is 8.01. The first-order chi connectivity index (χ1) is 14.7. The Labute approximate surface area is 185 Å². The molecule has 0 spiro atoms. The van der Waals surface area contributed by atoms with E-state index in [1.807, 2.05) is 37.3 Å². The van der Waals surface area contributed by atoms with E-state index in [0.717, 1.165) is 33.9 Å². The van der Waals surface area contributed by atoms with E-state index < -0.39 is 0 Å². The Morgan fingerprint density at radius 1 is 1.07 bits per heavy atom. The quantitative estimate of drug-likeness (QED) is 0.486. The van der Waals surface area contributed by atoms with Crippen molar-refractivity contribution in [1.82, 2.24) is 10.2 Å². The third-order valence-electron chi connectivity index (χ3n) is 4.87. The van der Waals surface area contributed by atoms with Gasteiger partial charge in [0, 0.05) is 30.2 Å². The molecule has 0 saturated carbocycles. The van der Waals surface area contributed by atoms with Crippen molar-refractivity contribution in [2.45, 2.75) is 30.5 Å². The largest absolute Gasteiger partial charge is 0.372 e. The topological polar surface area (TPSA) is 70.1 Å². The fourth-order valence-electron chi connectivity index (χ4n) is 3.40. The van der Waals surface area contributed by atoms with Gasteiger partial charge in [-0.3, -0.25) is 4.79 Å². The number of thioether (sulfide) groups is 1. The average molecular weight is 440 g/mol. The van der Waals surface area contributed by atoms with E-state index in [0.29, 0.717) is 5.75 Å². The molecule has 0 bridgehead atoms. The standard InChI is InChI=1S/C22H25N5OS2/c1-16-6-5-7-18(14-16)24-21-25-26-22(30-21)29-15-20(28)23-17-8-10-19(11-9-17)27-12-3-2-4-13-27/h5-11,14H,2-4,12-13,15H2,1H3,(H,23,28)(H,24,25). The number of hydrogen-bond acceptors (Lipinski definition) is 7. The number of carbonyl (C=O) groups is 1. The molecule has 6 nitrogen and oxygen atoms in total. The third kappa shape index (κ3) is 5.73. The zero-order valence-corrected chi connectivity index (χ0v) is 18.6. The molecule has 4 rings (SSSR count).